The summed E-state index contributed by atoms with van der Waals surface area (Å²) in [5.74, 6) is 0.633. The van der Waals surface area contributed by atoms with Crippen LogP contribution in [0.5, 0.6) is 0 Å². The number of hydrogen-bond acceptors (Lipinski definition) is 3. The lowest BCUT2D eigenvalue weighted by Crippen LogP contribution is -2.44. The summed E-state index contributed by atoms with van der Waals surface area (Å²) in [6.45, 7) is 8.76. The lowest BCUT2D eigenvalue weighted by atomic mass is 10.1. The summed E-state index contributed by atoms with van der Waals surface area (Å²) < 4.78 is 0. The number of amides is 1. The maximum Gasteiger partial charge on any atom is 0.234 e. The van der Waals surface area contributed by atoms with E-state index in [-0.39, 0.29) is 11.9 Å². The molecule has 1 aromatic rings. The Bertz CT molecular complexity index is 414. The number of nitrogens with one attached hydrogen (secondary N) is 1. The fraction of sp³-hybridized carbons (Fsp3) is 0.643. The molecule has 0 aromatic carbocycles. The van der Waals surface area contributed by atoms with Gasteiger partial charge in [0, 0.05) is 24.0 Å². The minimum atomic E-state index is 0.148. The second-order valence-electron chi connectivity index (χ2n) is 5.43. The quantitative estimate of drug-likeness (QED) is 0.906. The molecule has 0 saturated carbocycles. The first-order valence-corrected chi connectivity index (χ1v) is 7.51. The first kappa shape index (κ1) is 13.6. The first-order valence-electron chi connectivity index (χ1n) is 6.63. The first-order chi connectivity index (χ1) is 8.56. The minimum Gasteiger partial charge on any atom is -0.352 e. The highest BCUT2D eigenvalue weighted by Gasteiger charge is 2.20. The van der Waals surface area contributed by atoms with Gasteiger partial charge in [-0.25, -0.2) is 0 Å². The van der Waals surface area contributed by atoms with E-state index in [1.807, 2.05) is 11.3 Å². The van der Waals surface area contributed by atoms with E-state index < -0.39 is 0 Å². The van der Waals surface area contributed by atoms with Crippen molar-refractivity contribution >= 4 is 17.2 Å². The van der Waals surface area contributed by atoms with Crippen LogP contribution in [-0.4, -0.2) is 29.9 Å². The normalized spacial score (nSPS) is 17.6. The van der Waals surface area contributed by atoms with Gasteiger partial charge in [0.05, 0.1) is 6.54 Å². The average Bonchev–Trinajstić information content (AvgIpc) is 2.75. The molecule has 0 bridgehead atoms. The van der Waals surface area contributed by atoms with Gasteiger partial charge in [-0.1, -0.05) is 13.8 Å². The van der Waals surface area contributed by atoms with Gasteiger partial charge in [-0.3, -0.25) is 9.69 Å². The largest absolute Gasteiger partial charge is 0.352 e. The van der Waals surface area contributed by atoms with Crippen LogP contribution in [0.25, 0.3) is 0 Å². The molecule has 0 fully saturated rings. The van der Waals surface area contributed by atoms with E-state index in [2.05, 4.69) is 42.4 Å². The molecule has 1 aliphatic rings. The van der Waals surface area contributed by atoms with E-state index in [0.717, 1.165) is 19.5 Å². The third kappa shape index (κ3) is 3.33. The molecule has 2 rings (SSSR count). The number of hydrogen-bond donors (Lipinski definition) is 1. The molecular formula is C14H22N2OS. The van der Waals surface area contributed by atoms with Crippen molar-refractivity contribution in [3.63, 3.8) is 0 Å². The molecule has 18 heavy (non-hydrogen) atoms. The molecule has 1 unspecified atom stereocenters. The van der Waals surface area contributed by atoms with Crippen LogP contribution in [0.2, 0.25) is 0 Å². The van der Waals surface area contributed by atoms with E-state index in [4.69, 9.17) is 0 Å². The van der Waals surface area contributed by atoms with Gasteiger partial charge in [-0.05, 0) is 36.3 Å². The summed E-state index contributed by atoms with van der Waals surface area (Å²) in [5.41, 5.74) is 1.40. The second-order valence-corrected chi connectivity index (χ2v) is 6.43. The Morgan fingerprint density at radius 3 is 3.00 bits per heavy atom. The summed E-state index contributed by atoms with van der Waals surface area (Å²) in [6, 6.07) is 2.43. The number of carbonyl (C=O) groups is 1. The summed E-state index contributed by atoms with van der Waals surface area (Å²) in [7, 11) is 0. The van der Waals surface area contributed by atoms with Gasteiger partial charge >= 0.3 is 0 Å². The average molecular weight is 266 g/mol. The number of carbonyl (C=O) groups excluding carboxylic acids is 1. The van der Waals surface area contributed by atoms with Crippen LogP contribution in [0.1, 0.15) is 31.2 Å². The topological polar surface area (TPSA) is 32.3 Å². The van der Waals surface area contributed by atoms with Gasteiger partial charge < -0.3 is 5.32 Å². The van der Waals surface area contributed by atoms with Crippen molar-refractivity contribution in [3.8, 4) is 0 Å². The van der Waals surface area contributed by atoms with Crippen LogP contribution in [0, 0.1) is 5.92 Å². The summed E-state index contributed by atoms with van der Waals surface area (Å²) >= 11 is 1.83. The lowest BCUT2D eigenvalue weighted by Gasteiger charge is -2.27. The van der Waals surface area contributed by atoms with Gasteiger partial charge in [0.15, 0.2) is 0 Å². The van der Waals surface area contributed by atoms with Gasteiger partial charge in [-0.2, -0.15) is 0 Å². The molecule has 1 aliphatic heterocycles. The molecule has 0 saturated heterocycles. The maximum atomic E-state index is 11.9. The zero-order valence-electron chi connectivity index (χ0n) is 11.4. The SMILES string of the molecule is CC(C)C(C)NC(=O)CN1CCc2sccc2C1. The zero-order chi connectivity index (χ0) is 13.1. The summed E-state index contributed by atoms with van der Waals surface area (Å²) in [6.07, 6.45) is 1.08. The van der Waals surface area contributed by atoms with E-state index in [9.17, 15) is 4.79 Å². The highest BCUT2D eigenvalue weighted by Crippen LogP contribution is 2.23. The van der Waals surface area contributed by atoms with E-state index in [1.165, 1.54) is 10.4 Å². The summed E-state index contributed by atoms with van der Waals surface area (Å²) in [4.78, 5) is 15.6. The van der Waals surface area contributed by atoms with Crippen molar-refractivity contribution in [3.05, 3.63) is 21.9 Å². The van der Waals surface area contributed by atoms with Crippen molar-refractivity contribution in [2.24, 2.45) is 5.92 Å². The van der Waals surface area contributed by atoms with Crippen molar-refractivity contribution in [2.45, 2.75) is 39.8 Å². The van der Waals surface area contributed by atoms with Gasteiger partial charge in [0.25, 0.3) is 0 Å². The fourth-order valence-electron chi connectivity index (χ4n) is 2.11. The molecule has 0 aliphatic carbocycles. The lowest BCUT2D eigenvalue weighted by molar-refractivity contribution is -0.123. The predicted molar refractivity (Wildman–Crippen MR) is 75.7 cm³/mol. The molecule has 0 radical (unpaired) electrons. The minimum absolute atomic E-state index is 0.148. The highest BCUT2D eigenvalue weighted by atomic mass is 32.1. The van der Waals surface area contributed by atoms with E-state index >= 15 is 0 Å². The molecule has 1 N–H and O–H groups in total. The molecule has 2 heterocycles. The van der Waals surface area contributed by atoms with E-state index in [1.54, 1.807) is 0 Å². The molecule has 4 heteroatoms. The van der Waals surface area contributed by atoms with Crippen LogP contribution in [0.4, 0.5) is 0 Å². The fourth-order valence-corrected chi connectivity index (χ4v) is 3.00. The van der Waals surface area contributed by atoms with Crippen LogP contribution in [0.15, 0.2) is 11.4 Å². The van der Waals surface area contributed by atoms with Crippen molar-refractivity contribution in [2.75, 3.05) is 13.1 Å². The van der Waals surface area contributed by atoms with Crippen molar-refractivity contribution in [1.82, 2.24) is 10.2 Å². The maximum absolute atomic E-state index is 11.9. The van der Waals surface area contributed by atoms with Crippen LogP contribution in [-0.2, 0) is 17.8 Å². The number of thiophene rings is 1. The monoisotopic (exact) mass is 266 g/mol. The predicted octanol–water partition coefficient (Wildman–Crippen LogP) is 2.27. The second kappa shape index (κ2) is 5.85. The Morgan fingerprint density at radius 2 is 2.28 bits per heavy atom. The highest BCUT2D eigenvalue weighted by molar-refractivity contribution is 7.10. The molecular weight excluding hydrogens is 244 g/mol. The zero-order valence-corrected chi connectivity index (χ0v) is 12.2. The molecule has 1 aromatic heterocycles. The van der Waals surface area contributed by atoms with Crippen molar-refractivity contribution < 1.29 is 4.79 Å². The Hall–Kier alpha value is -0.870. The Balaban J connectivity index is 1.83. The summed E-state index contributed by atoms with van der Waals surface area (Å²) in [5, 5.41) is 5.21. The van der Waals surface area contributed by atoms with Crippen LogP contribution < -0.4 is 5.32 Å². The molecule has 1 amide bonds. The van der Waals surface area contributed by atoms with E-state index in [0.29, 0.717) is 12.5 Å². The van der Waals surface area contributed by atoms with Gasteiger partial charge in [0.2, 0.25) is 5.91 Å². The number of nitrogens with zero attached hydrogens (tertiary/aromatic N) is 1. The molecule has 3 nitrogen and oxygen atoms in total. The molecule has 0 spiro atoms. The Kier molecular flexibility index (Phi) is 4.40. The number of rotatable bonds is 4. The molecule has 1 atom stereocenters. The third-order valence-electron chi connectivity index (χ3n) is 3.64. The van der Waals surface area contributed by atoms with Gasteiger partial charge in [0.1, 0.15) is 0 Å². The Labute approximate surface area is 113 Å². The standard InChI is InChI=1S/C14H22N2OS/c1-10(2)11(3)15-14(17)9-16-6-4-13-12(8-16)5-7-18-13/h5,7,10-11H,4,6,8-9H2,1-3H3,(H,15,17). The van der Waals surface area contributed by atoms with Gasteiger partial charge in [-0.15, -0.1) is 11.3 Å². The number of fused-ring (bicyclic) bond motifs is 1. The van der Waals surface area contributed by atoms with Crippen molar-refractivity contribution in [1.29, 1.82) is 0 Å². The molecule has 100 valence electrons. The Morgan fingerprint density at radius 1 is 1.50 bits per heavy atom. The smallest absolute Gasteiger partial charge is 0.234 e. The van der Waals surface area contributed by atoms with Crippen LogP contribution >= 0.6 is 11.3 Å². The third-order valence-corrected chi connectivity index (χ3v) is 4.67. The van der Waals surface area contributed by atoms with Crippen LogP contribution in [0.3, 0.4) is 0 Å².